The lowest BCUT2D eigenvalue weighted by Crippen LogP contribution is -2.51. The summed E-state index contributed by atoms with van der Waals surface area (Å²) in [7, 11) is 1.68. The summed E-state index contributed by atoms with van der Waals surface area (Å²) >= 11 is 1.17. The van der Waals surface area contributed by atoms with Crippen molar-refractivity contribution in [2.45, 2.75) is 30.7 Å². The van der Waals surface area contributed by atoms with Gasteiger partial charge in [-0.25, -0.2) is 19.6 Å². The van der Waals surface area contributed by atoms with E-state index in [2.05, 4.69) is 48.5 Å². The number of nitriles is 1. The highest BCUT2D eigenvalue weighted by Crippen LogP contribution is 2.36. The number of anilines is 2. The topological polar surface area (TPSA) is 123 Å². The molecule has 4 heterocycles. The Morgan fingerprint density at radius 2 is 1.90 bits per heavy atom. The Morgan fingerprint density at radius 3 is 2.59 bits per heavy atom. The molecule has 2 aromatic carbocycles. The van der Waals surface area contributed by atoms with E-state index < -0.39 is 0 Å². The average Bonchev–Trinajstić information content (AvgIpc) is 3.51. The van der Waals surface area contributed by atoms with Gasteiger partial charge in [0.2, 0.25) is 5.95 Å². The summed E-state index contributed by atoms with van der Waals surface area (Å²) in [5.41, 5.74) is 4.18. The lowest BCUT2D eigenvalue weighted by molar-refractivity contribution is -0.0712. The van der Waals surface area contributed by atoms with Gasteiger partial charge in [-0.3, -0.25) is 4.90 Å². The van der Waals surface area contributed by atoms with E-state index in [1.165, 1.54) is 23.9 Å². The molecule has 2 fully saturated rings. The maximum Gasteiger partial charge on any atom is 0.227 e. The van der Waals surface area contributed by atoms with Gasteiger partial charge in [0.25, 0.3) is 0 Å². The number of likely N-dealkylation sites (tertiary alicyclic amines) is 1. The minimum atomic E-state index is 0.438. The van der Waals surface area contributed by atoms with E-state index in [1.807, 2.05) is 18.2 Å². The van der Waals surface area contributed by atoms with Crippen LogP contribution in [0.25, 0.3) is 11.1 Å². The molecule has 2 aromatic heterocycles. The Morgan fingerprint density at radius 1 is 1.07 bits per heavy atom. The normalized spacial score (nSPS) is 16.1. The van der Waals surface area contributed by atoms with Crippen molar-refractivity contribution in [3.05, 3.63) is 72.6 Å². The van der Waals surface area contributed by atoms with Crippen molar-refractivity contribution in [3.63, 3.8) is 0 Å². The molecule has 0 aliphatic carbocycles. The van der Waals surface area contributed by atoms with Gasteiger partial charge in [-0.1, -0.05) is 12.1 Å². The molecule has 0 spiro atoms. The average molecular weight is 571 g/mol. The van der Waals surface area contributed by atoms with E-state index in [0.717, 1.165) is 61.7 Å². The molecule has 0 saturated carbocycles. The van der Waals surface area contributed by atoms with Crippen molar-refractivity contribution < 1.29 is 13.7 Å². The summed E-state index contributed by atoms with van der Waals surface area (Å²) in [6, 6.07) is 14.5. The molecular formula is C29H30N8O3S. The molecule has 2 aliphatic rings. The molecule has 0 atom stereocenters. The molecule has 12 heteroatoms. The quantitative estimate of drug-likeness (QED) is 0.269. The van der Waals surface area contributed by atoms with Crippen LogP contribution in [-0.2, 0) is 10.6 Å². The van der Waals surface area contributed by atoms with Gasteiger partial charge < -0.3 is 19.0 Å². The first-order valence-electron chi connectivity index (χ1n) is 13.5. The molecule has 11 nitrogen and oxygen atoms in total. The second kappa shape index (κ2) is 12.6. The molecule has 2 saturated heterocycles. The van der Waals surface area contributed by atoms with E-state index in [0.29, 0.717) is 35.1 Å². The first-order valence-corrected chi connectivity index (χ1v) is 14.4. The summed E-state index contributed by atoms with van der Waals surface area (Å²) < 4.78 is 18.5. The minimum absolute atomic E-state index is 0.438. The van der Waals surface area contributed by atoms with Crippen LogP contribution in [0.2, 0.25) is 0 Å². The number of rotatable bonds is 10. The van der Waals surface area contributed by atoms with Gasteiger partial charge in [-0.15, -0.1) is 0 Å². The molecule has 0 bridgehead atoms. The summed E-state index contributed by atoms with van der Waals surface area (Å²) in [6.45, 7) is 3.96. The first-order chi connectivity index (χ1) is 20.2. The van der Waals surface area contributed by atoms with Gasteiger partial charge in [-0.2, -0.15) is 10.4 Å². The molecule has 210 valence electrons. The number of methoxy groups -OCH3 is 1. The van der Waals surface area contributed by atoms with E-state index in [1.54, 1.807) is 36.6 Å². The summed E-state index contributed by atoms with van der Waals surface area (Å²) in [6.07, 6.45) is 8.82. The molecular weight excluding hydrogens is 540 g/mol. The van der Waals surface area contributed by atoms with Gasteiger partial charge in [0.1, 0.15) is 30.4 Å². The fourth-order valence-corrected chi connectivity index (χ4v) is 5.62. The van der Waals surface area contributed by atoms with Crippen molar-refractivity contribution in [2.75, 3.05) is 38.7 Å². The highest BCUT2D eigenvalue weighted by molar-refractivity contribution is 7.94. The molecule has 4 aromatic rings. The van der Waals surface area contributed by atoms with Crippen molar-refractivity contribution >= 4 is 23.7 Å². The summed E-state index contributed by atoms with van der Waals surface area (Å²) in [5, 5.41) is 16.8. The molecule has 2 aliphatic heterocycles. The van der Waals surface area contributed by atoms with Gasteiger partial charge in [0, 0.05) is 18.0 Å². The van der Waals surface area contributed by atoms with Crippen LogP contribution in [0.3, 0.4) is 0 Å². The predicted octanol–water partition coefficient (Wildman–Crippen LogP) is 4.62. The third-order valence-electron chi connectivity index (χ3n) is 7.50. The van der Waals surface area contributed by atoms with Crippen molar-refractivity contribution in [2.24, 2.45) is 0 Å². The lowest BCUT2D eigenvalue weighted by atomic mass is 9.88. The second-order valence-corrected chi connectivity index (χ2v) is 10.6. The Hall–Kier alpha value is -4.18. The molecule has 6 rings (SSSR count). The number of aromatic nitrogens is 5. The van der Waals surface area contributed by atoms with Crippen LogP contribution in [0, 0.1) is 11.3 Å². The van der Waals surface area contributed by atoms with Gasteiger partial charge in [0.15, 0.2) is 5.75 Å². The Labute approximate surface area is 242 Å². The standard InChI is InChI=1S/C29H30N8O3S/c1-38-28-11-21(20-6-8-36(9-7-20)25-15-39-16-25)4-5-26(28)35-29-32-13-24(14-33-29)22-2-3-23(12-30)27(10-22)40-41-19-37-18-31-17-34-37/h2-5,10-11,13-14,17-18,20,25H,6-9,15-16,19H2,1H3,(H,32,33,35). The fraction of sp³-hybridized carbons (Fsp3) is 0.345. The molecule has 0 amide bonds. The Kier molecular flexibility index (Phi) is 8.27. The fourth-order valence-electron chi connectivity index (χ4n) is 5.07. The molecule has 41 heavy (non-hydrogen) atoms. The minimum Gasteiger partial charge on any atom is -0.495 e. The predicted molar refractivity (Wildman–Crippen MR) is 155 cm³/mol. The number of hydrogen-bond donors (Lipinski definition) is 1. The zero-order valence-corrected chi connectivity index (χ0v) is 23.5. The molecule has 1 N–H and O–H groups in total. The van der Waals surface area contributed by atoms with Crippen molar-refractivity contribution in [1.82, 2.24) is 29.6 Å². The zero-order valence-electron chi connectivity index (χ0n) is 22.6. The first kappa shape index (κ1) is 27.0. The number of nitrogens with one attached hydrogen (secondary N) is 1. The van der Waals surface area contributed by atoms with Gasteiger partial charge in [0.05, 0.1) is 49.7 Å². The third kappa shape index (κ3) is 6.27. The van der Waals surface area contributed by atoms with Crippen LogP contribution in [0.15, 0.2) is 61.4 Å². The maximum atomic E-state index is 9.50. The van der Waals surface area contributed by atoms with Crippen LogP contribution in [0.4, 0.5) is 11.6 Å². The Balaban J connectivity index is 1.10. The van der Waals surface area contributed by atoms with Crippen LogP contribution in [-0.4, -0.2) is 69.1 Å². The van der Waals surface area contributed by atoms with Crippen molar-refractivity contribution in [1.29, 1.82) is 5.26 Å². The van der Waals surface area contributed by atoms with Crippen LogP contribution < -0.4 is 14.2 Å². The monoisotopic (exact) mass is 570 g/mol. The lowest BCUT2D eigenvalue weighted by Gasteiger charge is -2.41. The number of nitrogens with zero attached hydrogens (tertiary/aromatic N) is 7. The SMILES string of the molecule is COc1cc(C2CCN(C3COC3)CC2)ccc1Nc1ncc(-c2ccc(C#N)c(OSCn3cncn3)c2)cn1. The Bertz CT molecular complexity index is 1500. The number of hydrogen-bond acceptors (Lipinski definition) is 11. The third-order valence-corrected chi connectivity index (χ3v) is 8.16. The summed E-state index contributed by atoms with van der Waals surface area (Å²) in [5.74, 6) is 2.66. The van der Waals surface area contributed by atoms with Crippen LogP contribution in [0.5, 0.6) is 11.5 Å². The van der Waals surface area contributed by atoms with E-state index in [9.17, 15) is 5.26 Å². The highest BCUT2D eigenvalue weighted by Gasteiger charge is 2.30. The number of piperidine rings is 1. The number of ether oxygens (including phenoxy) is 2. The largest absolute Gasteiger partial charge is 0.495 e. The maximum absolute atomic E-state index is 9.50. The van der Waals surface area contributed by atoms with Crippen molar-refractivity contribution in [3.8, 4) is 28.7 Å². The van der Waals surface area contributed by atoms with E-state index in [-0.39, 0.29) is 0 Å². The van der Waals surface area contributed by atoms with E-state index >= 15 is 0 Å². The van der Waals surface area contributed by atoms with Crippen LogP contribution >= 0.6 is 12.0 Å². The smallest absolute Gasteiger partial charge is 0.227 e. The molecule has 0 radical (unpaired) electrons. The van der Waals surface area contributed by atoms with Gasteiger partial charge >= 0.3 is 0 Å². The highest BCUT2D eigenvalue weighted by atomic mass is 32.2. The number of benzene rings is 2. The zero-order chi connectivity index (χ0) is 28.0. The molecule has 0 unspecified atom stereocenters. The second-order valence-electron chi connectivity index (χ2n) is 9.97. The van der Waals surface area contributed by atoms with E-state index in [4.69, 9.17) is 13.7 Å². The van der Waals surface area contributed by atoms with Gasteiger partial charge in [-0.05, 0) is 67.2 Å². The van der Waals surface area contributed by atoms with Crippen LogP contribution in [0.1, 0.15) is 29.9 Å². The summed E-state index contributed by atoms with van der Waals surface area (Å²) in [4.78, 5) is 15.5.